The van der Waals surface area contributed by atoms with Gasteiger partial charge in [-0.2, -0.15) is 4.99 Å². The van der Waals surface area contributed by atoms with E-state index in [0.717, 1.165) is 22.5 Å². The van der Waals surface area contributed by atoms with Gasteiger partial charge in [-0.1, -0.05) is 12.1 Å². The number of fused-ring (bicyclic) bond motifs is 3. The first kappa shape index (κ1) is 14.8. The lowest BCUT2D eigenvalue weighted by atomic mass is 10.1. The molecule has 0 amide bonds. The number of methoxy groups -OCH3 is 1. The molecule has 0 saturated carbocycles. The highest BCUT2D eigenvalue weighted by atomic mass is 79.9. The monoisotopic (exact) mass is 388 g/mol. The maximum atomic E-state index is 10.0. The zero-order valence-electron chi connectivity index (χ0n) is 12.7. The Morgan fingerprint density at radius 3 is 2.92 bits per heavy atom. The second kappa shape index (κ2) is 5.41. The lowest BCUT2D eigenvalue weighted by molar-refractivity contribution is -0.674. The summed E-state index contributed by atoms with van der Waals surface area (Å²) in [6.45, 7) is 0. The molecule has 1 aliphatic rings. The zero-order valence-corrected chi connectivity index (χ0v) is 14.3. The van der Waals surface area contributed by atoms with Gasteiger partial charge in [-0.25, -0.2) is 14.9 Å². The van der Waals surface area contributed by atoms with Crippen LogP contribution >= 0.6 is 15.9 Å². The van der Waals surface area contributed by atoms with Gasteiger partial charge in [0.05, 0.1) is 11.6 Å². The van der Waals surface area contributed by atoms with Crippen LogP contribution in [0.3, 0.4) is 0 Å². The molecule has 1 atom stereocenters. The second-order valence-electron chi connectivity index (χ2n) is 5.43. The molecule has 0 spiro atoms. The highest BCUT2D eigenvalue weighted by molar-refractivity contribution is 9.10. The molecule has 0 aliphatic carbocycles. The zero-order chi connectivity index (χ0) is 16.8. The Labute approximate surface area is 145 Å². The number of phenols is 1. The molecule has 24 heavy (non-hydrogen) atoms. The summed E-state index contributed by atoms with van der Waals surface area (Å²) in [7, 11) is 1.51. The number of imidazole rings is 1. The number of ether oxygens (including phenoxy) is 1. The molecule has 7 nitrogen and oxygen atoms in total. The third kappa shape index (κ3) is 2.18. The van der Waals surface area contributed by atoms with Crippen molar-refractivity contribution < 1.29 is 14.4 Å². The third-order valence-corrected chi connectivity index (χ3v) is 4.58. The number of aromatic amines is 1. The Kier molecular flexibility index (Phi) is 3.34. The van der Waals surface area contributed by atoms with Crippen LogP contribution in [0.5, 0.6) is 11.5 Å². The Morgan fingerprint density at radius 1 is 1.33 bits per heavy atom. The van der Waals surface area contributed by atoms with Crippen LogP contribution in [-0.4, -0.2) is 23.2 Å². The SMILES string of the molecule is COc1cc([C@@H]2N=C(N)Nc3[nH]c4ccccc4[n+]32)cc(Br)c1O. The number of nitrogens with zero attached hydrogens (tertiary/aromatic N) is 2. The number of phenolic OH excluding ortho intramolecular Hbond substituents is 1. The van der Waals surface area contributed by atoms with E-state index >= 15 is 0 Å². The summed E-state index contributed by atoms with van der Waals surface area (Å²) in [5, 5.41) is 13.1. The van der Waals surface area contributed by atoms with Crippen LogP contribution in [0.2, 0.25) is 0 Å². The second-order valence-corrected chi connectivity index (χ2v) is 6.28. The molecule has 4 rings (SSSR count). The van der Waals surface area contributed by atoms with Gasteiger partial charge in [-0.3, -0.25) is 0 Å². The number of anilines is 1. The summed E-state index contributed by atoms with van der Waals surface area (Å²) >= 11 is 3.36. The maximum Gasteiger partial charge on any atom is 0.365 e. The van der Waals surface area contributed by atoms with Gasteiger partial charge in [0.1, 0.15) is 11.0 Å². The van der Waals surface area contributed by atoms with Gasteiger partial charge >= 0.3 is 5.95 Å². The van der Waals surface area contributed by atoms with Gasteiger partial charge in [-0.15, -0.1) is 0 Å². The predicted molar refractivity (Wildman–Crippen MR) is 94.2 cm³/mol. The van der Waals surface area contributed by atoms with E-state index in [0.29, 0.717) is 16.2 Å². The number of H-pyrrole nitrogens is 1. The summed E-state index contributed by atoms with van der Waals surface area (Å²) in [6.07, 6.45) is -0.386. The van der Waals surface area contributed by atoms with Crippen molar-refractivity contribution in [2.45, 2.75) is 6.17 Å². The fourth-order valence-corrected chi connectivity index (χ4v) is 3.37. The highest BCUT2D eigenvalue weighted by Crippen LogP contribution is 2.37. The molecular weight excluding hydrogens is 374 g/mol. The number of benzene rings is 2. The number of aromatic nitrogens is 2. The van der Waals surface area contributed by atoms with E-state index in [1.807, 2.05) is 34.9 Å². The summed E-state index contributed by atoms with van der Waals surface area (Å²) < 4.78 is 7.80. The van der Waals surface area contributed by atoms with Crippen molar-refractivity contribution in [3.63, 3.8) is 0 Å². The van der Waals surface area contributed by atoms with Crippen LogP contribution in [-0.2, 0) is 0 Å². The average Bonchev–Trinajstić information content (AvgIpc) is 2.94. The van der Waals surface area contributed by atoms with E-state index in [4.69, 9.17) is 10.5 Å². The molecule has 0 fully saturated rings. The van der Waals surface area contributed by atoms with E-state index < -0.39 is 0 Å². The van der Waals surface area contributed by atoms with E-state index in [9.17, 15) is 5.11 Å². The van der Waals surface area contributed by atoms with E-state index in [2.05, 4.69) is 31.2 Å². The van der Waals surface area contributed by atoms with Crippen molar-refractivity contribution in [3.05, 3.63) is 46.4 Å². The van der Waals surface area contributed by atoms with Gasteiger partial charge < -0.3 is 15.6 Å². The number of aromatic hydroxyl groups is 1. The van der Waals surface area contributed by atoms with Crippen LogP contribution in [0.1, 0.15) is 11.7 Å². The van der Waals surface area contributed by atoms with E-state index in [-0.39, 0.29) is 11.9 Å². The average molecular weight is 389 g/mol. The Hall–Kier alpha value is -2.74. The van der Waals surface area contributed by atoms with Crippen molar-refractivity contribution in [1.82, 2.24) is 4.98 Å². The number of rotatable bonds is 2. The van der Waals surface area contributed by atoms with E-state index in [1.54, 1.807) is 6.07 Å². The van der Waals surface area contributed by atoms with Gasteiger partial charge in [0.2, 0.25) is 6.17 Å². The molecule has 122 valence electrons. The molecular formula is C16H15BrN5O2+. The summed E-state index contributed by atoms with van der Waals surface area (Å²) in [5.41, 5.74) is 8.74. The van der Waals surface area contributed by atoms with Crippen molar-refractivity contribution >= 4 is 38.9 Å². The van der Waals surface area contributed by atoms with Crippen LogP contribution in [0.15, 0.2) is 45.9 Å². The fourth-order valence-electron chi connectivity index (χ4n) is 2.91. The first-order valence-electron chi connectivity index (χ1n) is 7.27. The topological polar surface area (TPSA) is 99.5 Å². The van der Waals surface area contributed by atoms with E-state index in [1.165, 1.54) is 7.11 Å². The predicted octanol–water partition coefficient (Wildman–Crippen LogP) is 2.22. The van der Waals surface area contributed by atoms with Gasteiger partial charge in [0.15, 0.2) is 11.5 Å². The minimum Gasteiger partial charge on any atom is -0.503 e. The molecule has 2 heterocycles. The van der Waals surface area contributed by atoms with Crippen LogP contribution in [0.4, 0.5) is 5.95 Å². The Bertz CT molecular complexity index is 982. The van der Waals surface area contributed by atoms with Crippen molar-refractivity contribution in [1.29, 1.82) is 0 Å². The Balaban J connectivity index is 1.96. The van der Waals surface area contributed by atoms with Crippen molar-refractivity contribution in [2.75, 3.05) is 12.4 Å². The quantitative estimate of drug-likeness (QED) is 0.505. The molecule has 5 N–H and O–H groups in total. The minimum absolute atomic E-state index is 0.0521. The molecule has 8 heteroatoms. The van der Waals surface area contributed by atoms with Gasteiger partial charge in [0, 0.05) is 5.56 Å². The number of hydrogen-bond donors (Lipinski definition) is 4. The molecule has 1 aromatic heterocycles. The standard InChI is InChI=1S/C16H14BrN5O2/c1-24-12-7-8(6-9(17)13(12)23)14-20-15(18)21-16-19-10-4-2-3-5-11(10)22(14)16/h2-7,14H,1H3,(H4,18,19,20,21,23)/p+1/t14-/m1/s1. The molecule has 0 radical (unpaired) electrons. The largest absolute Gasteiger partial charge is 0.503 e. The third-order valence-electron chi connectivity index (χ3n) is 3.98. The van der Waals surface area contributed by atoms with Gasteiger partial charge in [-0.05, 0) is 40.2 Å². The molecule has 0 bridgehead atoms. The summed E-state index contributed by atoms with van der Waals surface area (Å²) in [6, 6.07) is 11.5. The number of nitrogens with one attached hydrogen (secondary N) is 2. The fraction of sp³-hybridized carbons (Fsp3) is 0.125. The normalized spacial score (nSPS) is 16.4. The molecule has 0 saturated heterocycles. The smallest absolute Gasteiger partial charge is 0.365 e. The first-order chi connectivity index (χ1) is 11.6. The van der Waals surface area contributed by atoms with Crippen molar-refractivity contribution in [3.8, 4) is 11.5 Å². The lowest BCUT2D eigenvalue weighted by Gasteiger charge is -2.19. The van der Waals surface area contributed by atoms with Crippen LogP contribution in [0, 0.1) is 0 Å². The van der Waals surface area contributed by atoms with Crippen molar-refractivity contribution in [2.24, 2.45) is 10.7 Å². The maximum absolute atomic E-state index is 10.0. The number of hydrogen-bond acceptors (Lipinski definition) is 5. The lowest BCUT2D eigenvalue weighted by Crippen LogP contribution is -2.48. The first-order valence-corrected chi connectivity index (χ1v) is 8.06. The molecule has 0 unspecified atom stereocenters. The molecule has 3 aromatic rings. The summed E-state index contributed by atoms with van der Waals surface area (Å²) in [4.78, 5) is 7.83. The number of aliphatic imine (C=N–C) groups is 1. The number of guanidine groups is 1. The number of nitrogens with two attached hydrogens (primary N) is 1. The van der Waals surface area contributed by atoms with Crippen LogP contribution in [0.25, 0.3) is 11.0 Å². The molecule has 1 aliphatic heterocycles. The Morgan fingerprint density at radius 2 is 2.12 bits per heavy atom. The van der Waals surface area contributed by atoms with Crippen LogP contribution < -0.4 is 20.4 Å². The van der Waals surface area contributed by atoms with Gasteiger partial charge in [0.25, 0.3) is 5.96 Å². The molecule has 2 aromatic carbocycles. The minimum atomic E-state index is -0.386. The number of halogens is 1. The highest BCUT2D eigenvalue weighted by Gasteiger charge is 2.32. The number of para-hydroxylation sites is 2. The summed E-state index contributed by atoms with van der Waals surface area (Å²) in [5.74, 6) is 1.48.